The molecule has 1 aliphatic heterocycles. The number of ether oxygens (including phenoxy) is 1. The number of nitrogens with zero attached hydrogens (tertiary/aromatic N) is 3. The second kappa shape index (κ2) is 10.4. The van der Waals surface area contributed by atoms with E-state index in [-0.39, 0.29) is 37.7 Å². The molecule has 0 aliphatic carbocycles. The summed E-state index contributed by atoms with van der Waals surface area (Å²) in [5.74, 6) is -0.360. The van der Waals surface area contributed by atoms with Gasteiger partial charge in [0.05, 0.1) is 6.54 Å². The summed E-state index contributed by atoms with van der Waals surface area (Å²) in [6.07, 6.45) is 4.07. The van der Waals surface area contributed by atoms with Gasteiger partial charge < -0.3 is 24.7 Å². The van der Waals surface area contributed by atoms with Crippen molar-refractivity contribution in [3.8, 4) is 0 Å². The molecule has 0 fully saturated rings. The fourth-order valence-electron chi connectivity index (χ4n) is 2.66. The van der Waals surface area contributed by atoms with Crippen molar-refractivity contribution in [2.24, 2.45) is 0 Å². The zero-order valence-corrected chi connectivity index (χ0v) is 16.4. The van der Waals surface area contributed by atoms with E-state index >= 15 is 0 Å². The SMILES string of the molecule is CC(OC(=O)N(C(C)C)C(C)C)N1C=CC=C(C(=O)NCCO[N+](=O)[O-])C1. The summed E-state index contributed by atoms with van der Waals surface area (Å²) in [5, 5.41) is 11.7. The van der Waals surface area contributed by atoms with Gasteiger partial charge in [0.25, 0.3) is 5.09 Å². The van der Waals surface area contributed by atoms with Gasteiger partial charge in [0.15, 0.2) is 6.23 Å². The molecule has 1 atom stereocenters. The van der Waals surface area contributed by atoms with Gasteiger partial charge in [0.2, 0.25) is 5.91 Å². The van der Waals surface area contributed by atoms with Crippen molar-refractivity contribution in [2.75, 3.05) is 19.7 Å². The summed E-state index contributed by atoms with van der Waals surface area (Å²) < 4.78 is 5.54. The average Bonchev–Trinajstić information content (AvgIpc) is 2.57. The quantitative estimate of drug-likeness (QED) is 0.365. The summed E-state index contributed by atoms with van der Waals surface area (Å²) in [5.41, 5.74) is 0.450. The molecule has 0 saturated heterocycles. The van der Waals surface area contributed by atoms with E-state index in [0.29, 0.717) is 5.57 Å². The number of hydrogen-bond donors (Lipinski definition) is 1. The lowest BCUT2D eigenvalue weighted by Crippen LogP contribution is -2.46. The highest BCUT2D eigenvalue weighted by Crippen LogP contribution is 2.15. The summed E-state index contributed by atoms with van der Waals surface area (Å²) in [6.45, 7) is 9.44. The van der Waals surface area contributed by atoms with Gasteiger partial charge in [-0.05, 0) is 40.7 Å². The Morgan fingerprint density at radius 3 is 2.48 bits per heavy atom. The van der Waals surface area contributed by atoms with Crippen LogP contribution in [0.15, 0.2) is 23.9 Å². The number of allylic oxidation sites excluding steroid dienone is 2. The third kappa shape index (κ3) is 7.16. The lowest BCUT2D eigenvalue weighted by Gasteiger charge is -2.34. The van der Waals surface area contributed by atoms with Crippen molar-refractivity contribution in [3.63, 3.8) is 0 Å². The van der Waals surface area contributed by atoms with E-state index in [1.807, 2.05) is 27.7 Å². The van der Waals surface area contributed by atoms with Gasteiger partial charge in [-0.3, -0.25) is 4.79 Å². The molecule has 0 spiro atoms. The fraction of sp³-hybridized carbons (Fsp3) is 0.647. The van der Waals surface area contributed by atoms with Crippen LogP contribution in [0.1, 0.15) is 34.6 Å². The number of carbonyl (C=O) groups is 2. The van der Waals surface area contributed by atoms with Crippen molar-refractivity contribution >= 4 is 12.0 Å². The maximum Gasteiger partial charge on any atom is 0.412 e. The normalized spacial score (nSPS) is 14.6. The monoisotopic (exact) mass is 384 g/mol. The molecule has 152 valence electrons. The molecular formula is C17H28N4O6. The third-order valence-electron chi connectivity index (χ3n) is 3.87. The number of hydrogen-bond acceptors (Lipinski definition) is 7. The predicted octanol–water partition coefficient (Wildman–Crippen LogP) is 1.67. The molecule has 10 nitrogen and oxygen atoms in total. The van der Waals surface area contributed by atoms with E-state index in [1.165, 1.54) is 0 Å². The largest absolute Gasteiger partial charge is 0.426 e. The molecular weight excluding hydrogens is 356 g/mol. The molecule has 1 rings (SSSR count). The summed E-state index contributed by atoms with van der Waals surface area (Å²) in [4.78, 5) is 42.1. The molecule has 10 heteroatoms. The van der Waals surface area contributed by atoms with Gasteiger partial charge in [-0.15, -0.1) is 10.1 Å². The zero-order chi connectivity index (χ0) is 20.6. The molecule has 1 unspecified atom stereocenters. The second-order valence-electron chi connectivity index (χ2n) is 6.60. The van der Waals surface area contributed by atoms with Crippen LogP contribution >= 0.6 is 0 Å². The van der Waals surface area contributed by atoms with Crippen LogP contribution in [0.2, 0.25) is 0 Å². The van der Waals surface area contributed by atoms with Crippen molar-refractivity contribution in [1.82, 2.24) is 15.1 Å². The van der Waals surface area contributed by atoms with Crippen molar-refractivity contribution in [3.05, 3.63) is 34.0 Å². The fourth-order valence-corrected chi connectivity index (χ4v) is 2.66. The van der Waals surface area contributed by atoms with Crippen LogP contribution in [0.3, 0.4) is 0 Å². The first-order valence-corrected chi connectivity index (χ1v) is 8.81. The molecule has 1 N–H and O–H groups in total. The minimum atomic E-state index is -0.913. The zero-order valence-electron chi connectivity index (χ0n) is 16.4. The van der Waals surface area contributed by atoms with E-state index in [4.69, 9.17) is 4.74 Å². The maximum absolute atomic E-state index is 12.4. The minimum absolute atomic E-state index is 0.00390. The molecule has 0 aromatic carbocycles. The standard InChI is InChI=1S/C17H28N4O6/c1-12(2)20(13(3)4)17(23)27-14(5)19-9-6-7-15(11-19)16(22)18-8-10-26-21(24)25/h6-7,9,12-14H,8,10-11H2,1-5H3,(H,18,22). The van der Waals surface area contributed by atoms with E-state index in [2.05, 4.69) is 10.2 Å². The molecule has 0 aromatic heterocycles. The molecule has 0 radical (unpaired) electrons. The van der Waals surface area contributed by atoms with Crippen LogP contribution < -0.4 is 5.32 Å². The highest BCUT2D eigenvalue weighted by atomic mass is 16.9. The molecule has 1 aliphatic rings. The van der Waals surface area contributed by atoms with Gasteiger partial charge in [0, 0.05) is 30.4 Å². The van der Waals surface area contributed by atoms with Crippen LogP contribution in [0, 0.1) is 10.1 Å². The number of nitrogens with one attached hydrogen (secondary N) is 1. The van der Waals surface area contributed by atoms with Crippen molar-refractivity contribution < 1.29 is 24.3 Å². The van der Waals surface area contributed by atoms with Gasteiger partial charge >= 0.3 is 6.09 Å². The molecule has 1 heterocycles. The number of rotatable bonds is 9. The van der Waals surface area contributed by atoms with Gasteiger partial charge in [0.1, 0.15) is 6.61 Å². The number of carbonyl (C=O) groups excluding carboxylic acids is 2. The first-order valence-electron chi connectivity index (χ1n) is 8.81. The average molecular weight is 384 g/mol. The molecule has 0 bridgehead atoms. The van der Waals surface area contributed by atoms with E-state index < -0.39 is 17.4 Å². The molecule has 27 heavy (non-hydrogen) atoms. The van der Waals surface area contributed by atoms with Gasteiger partial charge in [-0.25, -0.2) is 4.79 Å². The van der Waals surface area contributed by atoms with Crippen LogP contribution in [0.4, 0.5) is 4.79 Å². The maximum atomic E-state index is 12.4. The predicted molar refractivity (Wildman–Crippen MR) is 97.9 cm³/mol. The van der Waals surface area contributed by atoms with Crippen molar-refractivity contribution in [2.45, 2.75) is 52.9 Å². The third-order valence-corrected chi connectivity index (χ3v) is 3.87. The summed E-state index contributed by atoms with van der Waals surface area (Å²) >= 11 is 0. The Morgan fingerprint density at radius 2 is 1.93 bits per heavy atom. The van der Waals surface area contributed by atoms with Crippen LogP contribution in [-0.2, 0) is 14.4 Å². The van der Waals surface area contributed by atoms with E-state index in [1.54, 1.807) is 35.1 Å². The van der Waals surface area contributed by atoms with Gasteiger partial charge in [-0.1, -0.05) is 6.08 Å². The lowest BCUT2D eigenvalue weighted by molar-refractivity contribution is -0.757. The van der Waals surface area contributed by atoms with Crippen LogP contribution in [0.5, 0.6) is 0 Å². The first kappa shape index (κ1) is 22.3. The molecule has 2 amide bonds. The Morgan fingerprint density at radius 1 is 1.30 bits per heavy atom. The smallest absolute Gasteiger partial charge is 0.412 e. The minimum Gasteiger partial charge on any atom is -0.426 e. The van der Waals surface area contributed by atoms with Gasteiger partial charge in [-0.2, -0.15) is 0 Å². The topological polar surface area (TPSA) is 114 Å². The summed E-state index contributed by atoms with van der Waals surface area (Å²) in [7, 11) is 0. The van der Waals surface area contributed by atoms with E-state index in [9.17, 15) is 19.7 Å². The lowest BCUT2D eigenvalue weighted by atomic mass is 10.1. The van der Waals surface area contributed by atoms with Crippen LogP contribution in [-0.4, -0.2) is 64.9 Å². The molecule has 0 aromatic rings. The Bertz CT molecular complexity index is 594. The Labute approximate surface area is 158 Å². The van der Waals surface area contributed by atoms with E-state index in [0.717, 1.165) is 0 Å². The Balaban J connectivity index is 2.57. The summed E-state index contributed by atoms with van der Waals surface area (Å²) in [6, 6.07) is 0.00781. The highest BCUT2D eigenvalue weighted by molar-refractivity contribution is 5.94. The highest BCUT2D eigenvalue weighted by Gasteiger charge is 2.26. The first-order chi connectivity index (χ1) is 12.6. The number of amides is 2. The second-order valence-corrected chi connectivity index (χ2v) is 6.60. The molecule has 0 saturated carbocycles. The van der Waals surface area contributed by atoms with Crippen molar-refractivity contribution in [1.29, 1.82) is 0 Å². The Kier molecular flexibility index (Phi) is 8.57. The Hall–Kier alpha value is -2.78. The van der Waals surface area contributed by atoms with Crippen LogP contribution in [0.25, 0.3) is 0 Å².